The minimum absolute atomic E-state index is 0.398. The molecule has 0 amide bonds. The van der Waals surface area contributed by atoms with Crippen LogP contribution in [0.4, 0.5) is 11.4 Å². The quantitative estimate of drug-likeness (QED) is 0.742. The molecule has 28 heavy (non-hydrogen) atoms. The summed E-state index contributed by atoms with van der Waals surface area (Å²) < 4.78 is 0. The van der Waals surface area contributed by atoms with Crippen molar-refractivity contribution in [2.75, 3.05) is 23.3 Å². The van der Waals surface area contributed by atoms with Crippen molar-refractivity contribution >= 4 is 17.3 Å². The van der Waals surface area contributed by atoms with Crippen LogP contribution in [0.3, 0.4) is 0 Å². The summed E-state index contributed by atoms with van der Waals surface area (Å²) in [6, 6.07) is 15.2. The smallest absolute Gasteiger partial charge is 0.334 e. The highest BCUT2D eigenvalue weighted by Gasteiger charge is 2.39. The van der Waals surface area contributed by atoms with Crippen LogP contribution < -0.4 is 10.2 Å². The first-order valence-corrected chi connectivity index (χ1v) is 9.93. The first-order chi connectivity index (χ1) is 13.5. The highest BCUT2D eigenvalue weighted by Crippen LogP contribution is 2.35. The summed E-state index contributed by atoms with van der Waals surface area (Å²) in [7, 11) is 0. The molecule has 1 unspecified atom stereocenters. The second-order valence-electron chi connectivity index (χ2n) is 7.31. The maximum Gasteiger partial charge on any atom is 0.334 e. The van der Waals surface area contributed by atoms with E-state index in [1.807, 2.05) is 19.1 Å². The standard InChI is InChI=1S/C23H27N3O2/c1-3-17-13-19(15-21(14-17)26-11-5-6-12-26)23(4-2,22(27)28)25-20-9-7-18(16-24)8-10-20/h7-10,13-15,25H,3-6,11-12H2,1-2H3,(H,27,28). The van der Waals surface area contributed by atoms with E-state index < -0.39 is 11.5 Å². The number of carbonyl (C=O) groups is 1. The van der Waals surface area contributed by atoms with Crippen molar-refractivity contribution in [1.29, 1.82) is 5.26 Å². The van der Waals surface area contributed by atoms with Gasteiger partial charge in [-0.25, -0.2) is 4.79 Å². The minimum Gasteiger partial charge on any atom is -0.479 e. The minimum atomic E-state index is -1.23. The van der Waals surface area contributed by atoms with Crippen molar-refractivity contribution in [3.63, 3.8) is 0 Å². The monoisotopic (exact) mass is 377 g/mol. The second-order valence-corrected chi connectivity index (χ2v) is 7.31. The lowest BCUT2D eigenvalue weighted by Gasteiger charge is -2.33. The van der Waals surface area contributed by atoms with E-state index in [9.17, 15) is 9.90 Å². The molecule has 0 spiro atoms. The van der Waals surface area contributed by atoms with Gasteiger partial charge in [0, 0.05) is 24.5 Å². The summed E-state index contributed by atoms with van der Waals surface area (Å²) in [6.45, 7) is 6.01. The lowest BCUT2D eigenvalue weighted by Crippen LogP contribution is -2.43. The lowest BCUT2D eigenvalue weighted by atomic mass is 9.85. The molecule has 0 aromatic heterocycles. The number of benzene rings is 2. The summed E-state index contributed by atoms with van der Waals surface area (Å²) in [4.78, 5) is 14.8. The zero-order chi connectivity index (χ0) is 20.1. The van der Waals surface area contributed by atoms with Gasteiger partial charge in [-0.3, -0.25) is 0 Å². The maximum absolute atomic E-state index is 12.5. The molecule has 2 aromatic rings. The van der Waals surface area contributed by atoms with E-state index >= 15 is 0 Å². The Morgan fingerprint density at radius 3 is 2.39 bits per heavy atom. The SMILES string of the molecule is CCc1cc(N2CCCC2)cc(C(CC)(Nc2ccc(C#N)cc2)C(=O)O)c1. The number of anilines is 2. The Kier molecular flexibility index (Phi) is 5.89. The normalized spacial score (nSPS) is 15.7. The molecule has 1 fully saturated rings. The predicted octanol–water partition coefficient (Wildman–Crippen LogP) is 4.52. The Labute approximate surface area is 166 Å². The average Bonchev–Trinajstić information content (AvgIpc) is 3.27. The number of nitriles is 1. The van der Waals surface area contributed by atoms with Crippen LogP contribution in [0, 0.1) is 11.3 Å². The van der Waals surface area contributed by atoms with Gasteiger partial charge < -0.3 is 15.3 Å². The number of nitrogens with zero attached hydrogens (tertiary/aromatic N) is 2. The van der Waals surface area contributed by atoms with Crippen molar-refractivity contribution in [3.05, 3.63) is 59.2 Å². The molecule has 1 aliphatic heterocycles. The molecule has 0 radical (unpaired) electrons. The third-order valence-electron chi connectivity index (χ3n) is 5.62. The number of nitrogens with one attached hydrogen (secondary N) is 1. The third-order valence-corrected chi connectivity index (χ3v) is 5.62. The molecule has 1 saturated heterocycles. The largest absolute Gasteiger partial charge is 0.479 e. The number of hydrogen-bond donors (Lipinski definition) is 2. The third kappa shape index (κ3) is 3.82. The molecule has 1 heterocycles. The van der Waals surface area contributed by atoms with Crippen molar-refractivity contribution in [2.45, 2.75) is 45.1 Å². The Morgan fingerprint density at radius 2 is 1.86 bits per heavy atom. The van der Waals surface area contributed by atoms with E-state index in [-0.39, 0.29) is 0 Å². The van der Waals surface area contributed by atoms with Gasteiger partial charge in [0.05, 0.1) is 11.6 Å². The summed E-state index contributed by atoms with van der Waals surface area (Å²) in [5.74, 6) is -0.903. The van der Waals surface area contributed by atoms with Crippen LogP contribution >= 0.6 is 0 Å². The van der Waals surface area contributed by atoms with Gasteiger partial charge in [0.25, 0.3) is 0 Å². The topological polar surface area (TPSA) is 76.4 Å². The molecular formula is C23H27N3O2. The van der Waals surface area contributed by atoms with Gasteiger partial charge in [-0.2, -0.15) is 5.26 Å². The molecule has 2 N–H and O–H groups in total. The molecule has 3 rings (SSSR count). The predicted molar refractivity (Wildman–Crippen MR) is 112 cm³/mol. The van der Waals surface area contributed by atoms with E-state index in [0.717, 1.165) is 36.3 Å². The number of carboxylic acids is 1. The molecule has 1 atom stereocenters. The fourth-order valence-corrected chi connectivity index (χ4v) is 3.85. The van der Waals surface area contributed by atoms with Crippen LogP contribution in [0.25, 0.3) is 0 Å². The number of carboxylic acid groups (broad SMARTS) is 1. The van der Waals surface area contributed by atoms with Crippen LogP contribution in [-0.2, 0) is 16.8 Å². The summed E-state index contributed by atoms with van der Waals surface area (Å²) in [5, 5.41) is 22.5. The van der Waals surface area contributed by atoms with Crippen molar-refractivity contribution in [1.82, 2.24) is 0 Å². The maximum atomic E-state index is 12.5. The number of aliphatic carboxylic acids is 1. The lowest BCUT2D eigenvalue weighted by molar-refractivity contribution is -0.142. The zero-order valence-corrected chi connectivity index (χ0v) is 16.5. The van der Waals surface area contributed by atoms with Gasteiger partial charge >= 0.3 is 5.97 Å². The van der Waals surface area contributed by atoms with Crippen LogP contribution in [-0.4, -0.2) is 24.2 Å². The van der Waals surface area contributed by atoms with Gasteiger partial charge in [0.2, 0.25) is 0 Å². The van der Waals surface area contributed by atoms with Gasteiger partial charge in [-0.1, -0.05) is 19.9 Å². The highest BCUT2D eigenvalue weighted by atomic mass is 16.4. The average molecular weight is 377 g/mol. The van der Waals surface area contributed by atoms with Crippen LogP contribution in [0.15, 0.2) is 42.5 Å². The molecule has 5 nitrogen and oxygen atoms in total. The number of aryl methyl sites for hydroxylation is 1. The van der Waals surface area contributed by atoms with Crippen LogP contribution in [0.5, 0.6) is 0 Å². The fraction of sp³-hybridized carbons (Fsp3) is 0.391. The first kappa shape index (κ1) is 19.8. The Morgan fingerprint density at radius 1 is 1.18 bits per heavy atom. The number of hydrogen-bond acceptors (Lipinski definition) is 4. The molecule has 146 valence electrons. The van der Waals surface area contributed by atoms with E-state index in [1.165, 1.54) is 12.8 Å². The number of rotatable bonds is 7. The Balaban J connectivity index is 2.06. The molecule has 2 aromatic carbocycles. The molecule has 0 aliphatic carbocycles. The van der Waals surface area contributed by atoms with Crippen molar-refractivity contribution < 1.29 is 9.90 Å². The molecule has 1 aliphatic rings. The van der Waals surface area contributed by atoms with E-state index in [1.54, 1.807) is 24.3 Å². The van der Waals surface area contributed by atoms with Gasteiger partial charge in [0.15, 0.2) is 5.54 Å². The van der Waals surface area contributed by atoms with Crippen LogP contribution in [0.2, 0.25) is 0 Å². The fourth-order valence-electron chi connectivity index (χ4n) is 3.85. The van der Waals surface area contributed by atoms with Crippen molar-refractivity contribution in [2.24, 2.45) is 0 Å². The molecule has 0 bridgehead atoms. The Hall–Kier alpha value is -3.00. The summed E-state index contributed by atoms with van der Waals surface area (Å²) >= 11 is 0. The van der Waals surface area contributed by atoms with E-state index in [2.05, 4.69) is 29.3 Å². The summed E-state index contributed by atoms with van der Waals surface area (Å²) in [5.41, 5.74) is 3.02. The highest BCUT2D eigenvalue weighted by molar-refractivity contribution is 5.85. The Bertz CT molecular complexity index is 880. The van der Waals surface area contributed by atoms with Crippen molar-refractivity contribution in [3.8, 4) is 6.07 Å². The molecule has 0 saturated carbocycles. The zero-order valence-electron chi connectivity index (χ0n) is 16.5. The van der Waals surface area contributed by atoms with Gasteiger partial charge in [-0.05, 0) is 73.2 Å². The molecule has 5 heteroatoms. The molecular weight excluding hydrogens is 350 g/mol. The van der Waals surface area contributed by atoms with E-state index in [0.29, 0.717) is 17.7 Å². The van der Waals surface area contributed by atoms with Gasteiger partial charge in [-0.15, -0.1) is 0 Å². The second kappa shape index (κ2) is 8.35. The van der Waals surface area contributed by atoms with E-state index in [4.69, 9.17) is 5.26 Å². The first-order valence-electron chi connectivity index (χ1n) is 9.93. The van der Waals surface area contributed by atoms with Crippen LogP contribution in [0.1, 0.15) is 49.8 Å². The summed E-state index contributed by atoms with van der Waals surface area (Å²) in [6.07, 6.45) is 3.60. The van der Waals surface area contributed by atoms with Gasteiger partial charge in [0.1, 0.15) is 0 Å².